The van der Waals surface area contributed by atoms with Gasteiger partial charge < -0.3 is 0 Å². The minimum absolute atomic E-state index is 0.122. The highest BCUT2D eigenvalue weighted by Gasteiger charge is 2.43. The summed E-state index contributed by atoms with van der Waals surface area (Å²) < 4.78 is 0. The standard InChI is InChI=1S/C39H44/c1-6-20-38(21-7-2)34-13-11-10-12-30(34)32-18-15-28(25-36(32)38)29-16-19-33-31-17-14-27(5)24-35(31)39(22-8-3,23-9-4)37(33)26-29/h10-19,24-26H,6-9,20-23H2,1-5H3. The maximum atomic E-state index is 2.57. The van der Waals surface area contributed by atoms with Crippen molar-refractivity contribution in [3.05, 3.63) is 107 Å². The lowest BCUT2D eigenvalue weighted by Crippen LogP contribution is -2.25. The molecule has 0 nitrogen and oxygen atoms in total. The number of rotatable bonds is 9. The third kappa shape index (κ3) is 3.86. The molecule has 200 valence electrons. The van der Waals surface area contributed by atoms with Crippen molar-refractivity contribution < 1.29 is 0 Å². The first kappa shape index (κ1) is 26.1. The van der Waals surface area contributed by atoms with Gasteiger partial charge in [-0.2, -0.15) is 0 Å². The van der Waals surface area contributed by atoms with E-state index >= 15 is 0 Å². The molecule has 0 spiro atoms. The molecule has 0 radical (unpaired) electrons. The van der Waals surface area contributed by atoms with Gasteiger partial charge in [0.1, 0.15) is 0 Å². The fraction of sp³-hybridized carbons (Fsp3) is 0.385. The molecule has 2 aliphatic rings. The minimum Gasteiger partial charge on any atom is -0.0653 e. The van der Waals surface area contributed by atoms with Gasteiger partial charge in [0.2, 0.25) is 0 Å². The third-order valence-electron chi connectivity index (χ3n) is 9.82. The second-order valence-electron chi connectivity index (χ2n) is 12.3. The maximum Gasteiger partial charge on any atom is 0.0215 e. The Morgan fingerprint density at radius 1 is 0.436 bits per heavy atom. The van der Waals surface area contributed by atoms with Crippen molar-refractivity contribution in [2.45, 2.75) is 96.8 Å². The Morgan fingerprint density at radius 3 is 1.36 bits per heavy atom. The molecule has 2 aliphatic carbocycles. The minimum atomic E-state index is 0.122. The molecular formula is C39H44. The molecule has 0 aromatic heterocycles. The van der Waals surface area contributed by atoms with E-state index < -0.39 is 0 Å². The lowest BCUT2D eigenvalue weighted by Gasteiger charge is -2.33. The van der Waals surface area contributed by atoms with E-state index in [9.17, 15) is 0 Å². The average Bonchev–Trinajstić information content (AvgIpc) is 3.36. The summed E-state index contributed by atoms with van der Waals surface area (Å²) in [5, 5.41) is 0. The van der Waals surface area contributed by atoms with Crippen LogP contribution in [0.3, 0.4) is 0 Å². The van der Waals surface area contributed by atoms with Crippen LogP contribution < -0.4 is 0 Å². The first-order valence-electron chi connectivity index (χ1n) is 15.5. The molecule has 0 heteroatoms. The van der Waals surface area contributed by atoms with Crippen molar-refractivity contribution in [1.82, 2.24) is 0 Å². The maximum absolute atomic E-state index is 2.57. The van der Waals surface area contributed by atoms with Gasteiger partial charge in [0.25, 0.3) is 0 Å². The fourth-order valence-electron chi connectivity index (χ4n) is 8.46. The zero-order valence-electron chi connectivity index (χ0n) is 24.7. The molecule has 0 aliphatic heterocycles. The van der Waals surface area contributed by atoms with Crippen molar-refractivity contribution in [2.24, 2.45) is 0 Å². The molecular weight excluding hydrogens is 468 g/mol. The van der Waals surface area contributed by atoms with E-state index in [1.54, 1.807) is 22.3 Å². The van der Waals surface area contributed by atoms with E-state index in [0.29, 0.717) is 0 Å². The summed E-state index contributed by atoms with van der Waals surface area (Å²) in [5.74, 6) is 0. The van der Waals surface area contributed by atoms with Gasteiger partial charge in [-0.3, -0.25) is 0 Å². The van der Waals surface area contributed by atoms with E-state index in [1.807, 2.05) is 0 Å². The van der Waals surface area contributed by atoms with Crippen LogP contribution in [0.2, 0.25) is 0 Å². The molecule has 0 N–H and O–H groups in total. The summed E-state index contributed by atoms with van der Waals surface area (Å²) in [5.41, 5.74) is 16.4. The summed E-state index contributed by atoms with van der Waals surface area (Å²) in [4.78, 5) is 0. The van der Waals surface area contributed by atoms with Crippen LogP contribution in [0.15, 0.2) is 78.9 Å². The van der Waals surface area contributed by atoms with Gasteiger partial charge in [0.15, 0.2) is 0 Å². The molecule has 39 heavy (non-hydrogen) atoms. The lowest BCUT2D eigenvalue weighted by atomic mass is 9.70. The van der Waals surface area contributed by atoms with Gasteiger partial charge in [-0.15, -0.1) is 0 Å². The monoisotopic (exact) mass is 512 g/mol. The predicted octanol–water partition coefficient (Wildman–Crippen LogP) is 11.4. The van der Waals surface area contributed by atoms with Crippen LogP contribution >= 0.6 is 0 Å². The van der Waals surface area contributed by atoms with Crippen molar-refractivity contribution in [3.8, 4) is 33.4 Å². The Kier molecular flexibility index (Phi) is 6.78. The Morgan fingerprint density at radius 2 is 0.846 bits per heavy atom. The topological polar surface area (TPSA) is 0 Å². The van der Waals surface area contributed by atoms with Crippen LogP contribution in [0, 0.1) is 6.92 Å². The van der Waals surface area contributed by atoms with Gasteiger partial charge in [-0.05, 0) is 100 Å². The summed E-state index contributed by atoms with van der Waals surface area (Å²) in [6, 6.07) is 31.1. The van der Waals surface area contributed by atoms with Crippen molar-refractivity contribution >= 4 is 0 Å². The molecule has 0 saturated carbocycles. The summed E-state index contributed by atoms with van der Waals surface area (Å²) in [6.45, 7) is 11.7. The van der Waals surface area contributed by atoms with E-state index in [-0.39, 0.29) is 10.8 Å². The molecule has 4 aromatic carbocycles. The molecule has 0 saturated heterocycles. The highest BCUT2D eigenvalue weighted by atomic mass is 14.5. The largest absolute Gasteiger partial charge is 0.0653 e. The molecule has 6 rings (SSSR count). The average molecular weight is 513 g/mol. The Bertz CT molecular complexity index is 1510. The zero-order chi connectivity index (χ0) is 27.2. The first-order valence-corrected chi connectivity index (χ1v) is 15.5. The second kappa shape index (κ2) is 10.1. The first-order chi connectivity index (χ1) is 19.0. The van der Waals surface area contributed by atoms with Crippen molar-refractivity contribution in [3.63, 3.8) is 0 Å². The molecule has 0 unspecified atom stereocenters. The summed E-state index contributed by atoms with van der Waals surface area (Å²) in [7, 11) is 0. The van der Waals surface area contributed by atoms with Crippen LogP contribution in [0.25, 0.3) is 33.4 Å². The normalized spacial score (nSPS) is 15.5. The van der Waals surface area contributed by atoms with Crippen molar-refractivity contribution in [1.29, 1.82) is 0 Å². The molecule has 0 amide bonds. The smallest absolute Gasteiger partial charge is 0.0215 e. The molecule has 4 aromatic rings. The predicted molar refractivity (Wildman–Crippen MR) is 169 cm³/mol. The SMILES string of the molecule is CCCC1(CCC)c2ccccc2-c2ccc(-c3ccc4c(c3)C(CCC)(CCC)c3cc(C)ccc3-4)cc21. The Labute approximate surface area is 236 Å². The zero-order valence-corrected chi connectivity index (χ0v) is 24.7. The highest BCUT2D eigenvalue weighted by Crippen LogP contribution is 2.56. The van der Waals surface area contributed by atoms with E-state index in [1.165, 1.54) is 90.3 Å². The third-order valence-corrected chi connectivity index (χ3v) is 9.82. The van der Waals surface area contributed by atoms with Gasteiger partial charge in [0, 0.05) is 10.8 Å². The van der Waals surface area contributed by atoms with E-state index in [4.69, 9.17) is 0 Å². The van der Waals surface area contributed by atoms with Crippen LogP contribution in [0.5, 0.6) is 0 Å². The summed E-state index contributed by atoms with van der Waals surface area (Å²) >= 11 is 0. The van der Waals surface area contributed by atoms with Gasteiger partial charge in [-0.1, -0.05) is 126 Å². The van der Waals surface area contributed by atoms with E-state index in [2.05, 4.69) is 113 Å². The van der Waals surface area contributed by atoms with Crippen LogP contribution in [0.1, 0.15) is 107 Å². The van der Waals surface area contributed by atoms with E-state index in [0.717, 1.165) is 0 Å². The number of hydrogen-bond donors (Lipinski definition) is 0. The van der Waals surface area contributed by atoms with Gasteiger partial charge in [-0.25, -0.2) is 0 Å². The van der Waals surface area contributed by atoms with Gasteiger partial charge in [0.05, 0.1) is 0 Å². The van der Waals surface area contributed by atoms with Gasteiger partial charge >= 0.3 is 0 Å². The molecule has 0 bridgehead atoms. The number of aryl methyl sites for hydroxylation is 1. The fourth-order valence-corrected chi connectivity index (χ4v) is 8.46. The number of hydrogen-bond acceptors (Lipinski definition) is 0. The van der Waals surface area contributed by atoms with Crippen LogP contribution in [-0.4, -0.2) is 0 Å². The number of fused-ring (bicyclic) bond motifs is 6. The second-order valence-corrected chi connectivity index (χ2v) is 12.3. The van der Waals surface area contributed by atoms with Crippen LogP contribution in [0.4, 0.5) is 0 Å². The highest BCUT2D eigenvalue weighted by molar-refractivity contribution is 5.87. The molecule has 0 heterocycles. The van der Waals surface area contributed by atoms with Crippen molar-refractivity contribution in [2.75, 3.05) is 0 Å². The Hall–Kier alpha value is -3.12. The van der Waals surface area contributed by atoms with Crippen LogP contribution in [-0.2, 0) is 10.8 Å². The molecule has 0 fully saturated rings. The number of benzene rings is 4. The lowest BCUT2D eigenvalue weighted by molar-refractivity contribution is 0.435. The summed E-state index contributed by atoms with van der Waals surface area (Å²) in [6.07, 6.45) is 9.64. The quantitative estimate of drug-likeness (QED) is 0.209. The Balaban J connectivity index is 1.53. The molecule has 0 atom stereocenters.